The smallest absolute Gasteiger partial charge is 0.269 e. The molecule has 1 aliphatic rings. The second-order valence-electron chi connectivity index (χ2n) is 5.21. The fourth-order valence-electron chi connectivity index (χ4n) is 1.73. The Morgan fingerprint density at radius 2 is 1.95 bits per heavy atom. The standard InChI is InChI=1S/C14H14BrN3O4/c1-14(8-11(14)15)13(20)17-16-12(19)7-4-9-2-5-10(6-3-9)18(21)22/h2-7,11H,8H2,1H3,(H,16,19)(H,17,20)/b7-4+/t11-,14+/m0/s1. The van der Waals surface area contributed by atoms with E-state index in [1.54, 1.807) is 6.92 Å². The molecule has 1 saturated carbocycles. The molecule has 0 bridgehead atoms. The maximum absolute atomic E-state index is 11.8. The number of nitro benzene ring substituents is 1. The van der Waals surface area contributed by atoms with Crippen LogP contribution in [-0.2, 0) is 9.59 Å². The summed E-state index contributed by atoms with van der Waals surface area (Å²) < 4.78 is 0. The number of nitrogens with zero attached hydrogens (tertiary/aromatic N) is 1. The summed E-state index contributed by atoms with van der Waals surface area (Å²) in [5.74, 6) is -0.728. The quantitative estimate of drug-likeness (QED) is 0.367. The average molecular weight is 368 g/mol. The number of hydrogen-bond acceptors (Lipinski definition) is 4. The van der Waals surface area contributed by atoms with Crippen LogP contribution < -0.4 is 10.9 Å². The molecule has 1 aromatic carbocycles. The number of non-ortho nitro benzene ring substituents is 1. The van der Waals surface area contributed by atoms with E-state index in [4.69, 9.17) is 0 Å². The Bertz CT molecular complexity index is 644. The summed E-state index contributed by atoms with van der Waals surface area (Å²) in [6.07, 6.45) is 3.47. The predicted octanol–water partition coefficient (Wildman–Crippen LogP) is 1.93. The summed E-state index contributed by atoms with van der Waals surface area (Å²) in [4.78, 5) is 33.5. The van der Waals surface area contributed by atoms with Crippen molar-refractivity contribution in [3.05, 3.63) is 46.0 Å². The van der Waals surface area contributed by atoms with Crippen LogP contribution >= 0.6 is 15.9 Å². The molecular weight excluding hydrogens is 354 g/mol. The number of rotatable bonds is 4. The number of hydrogen-bond donors (Lipinski definition) is 2. The van der Waals surface area contributed by atoms with Gasteiger partial charge < -0.3 is 0 Å². The molecule has 0 aromatic heterocycles. The lowest BCUT2D eigenvalue weighted by Crippen LogP contribution is -2.44. The predicted molar refractivity (Wildman–Crippen MR) is 83.9 cm³/mol. The minimum absolute atomic E-state index is 0.0177. The van der Waals surface area contributed by atoms with Crippen LogP contribution in [0.4, 0.5) is 5.69 Å². The van der Waals surface area contributed by atoms with E-state index in [1.165, 1.54) is 36.4 Å². The Hall–Kier alpha value is -2.22. The normalized spacial score (nSPS) is 23.1. The summed E-state index contributed by atoms with van der Waals surface area (Å²) in [5.41, 5.74) is 4.81. The van der Waals surface area contributed by atoms with E-state index in [-0.39, 0.29) is 16.4 Å². The van der Waals surface area contributed by atoms with Crippen LogP contribution in [0.3, 0.4) is 0 Å². The van der Waals surface area contributed by atoms with Gasteiger partial charge in [0.2, 0.25) is 5.91 Å². The van der Waals surface area contributed by atoms with Crippen LogP contribution in [0.5, 0.6) is 0 Å². The number of halogens is 1. The topological polar surface area (TPSA) is 101 Å². The van der Waals surface area contributed by atoms with Crippen molar-refractivity contribution in [1.29, 1.82) is 0 Å². The van der Waals surface area contributed by atoms with E-state index in [9.17, 15) is 19.7 Å². The molecule has 1 aromatic rings. The van der Waals surface area contributed by atoms with Gasteiger partial charge in [-0.15, -0.1) is 0 Å². The molecule has 2 rings (SSSR count). The maximum Gasteiger partial charge on any atom is 0.269 e. The van der Waals surface area contributed by atoms with Gasteiger partial charge >= 0.3 is 0 Å². The molecule has 0 unspecified atom stereocenters. The maximum atomic E-state index is 11.8. The molecule has 0 spiro atoms. The van der Waals surface area contributed by atoms with Crippen LogP contribution in [0.1, 0.15) is 18.9 Å². The summed E-state index contributed by atoms with van der Waals surface area (Å²) in [5, 5.41) is 10.5. The van der Waals surface area contributed by atoms with Gasteiger partial charge in [-0.3, -0.25) is 30.6 Å². The van der Waals surface area contributed by atoms with Gasteiger partial charge in [-0.25, -0.2) is 0 Å². The van der Waals surface area contributed by atoms with Gasteiger partial charge in [0.1, 0.15) is 0 Å². The molecule has 2 amide bonds. The van der Waals surface area contributed by atoms with E-state index >= 15 is 0 Å². The van der Waals surface area contributed by atoms with Crippen molar-refractivity contribution in [3.63, 3.8) is 0 Å². The van der Waals surface area contributed by atoms with Crippen molar-refractivity contribution in [2.45, 2.75) is 18.2 Å². The highest BCUT2D eigenvalue weighted by atomic mass is 79.9. The molecule has 0 radical (unpaired) electrons. The fourth-order valence-corrected chi connectivity index (χ4v) is 2.61. The summed E-state index contributed by atoms with van der Waals surface area (Å²) >= 11 is 3.35. The lowest BCUT2D eigenvalue weighted by atomic mass is 10.1. The van der Waals surface area contributed by atoms with Crippen molar-refractivity contribution in [1.82, 2.24) is 10.9 Å². The Morgan fingerprint density at radius 3 is 2.45 bits per heavy atom. The van der Waals surface area contributed by atoms with Crippen LogP contribution in [0.2, 0.25) is 0 Å². The van der Waals surface area contributed by atoms with Gasteiger partial charge in [0.25, 0.3) is 11.6 Å². The first-order valence-corrected chi connectivity index (χ1v) is 7.41. The molecule has 1 aliphatic carbocycles. The lowest BCUT2D eigenvalue weighted by molar-refractivity contribution is -0.384. The zero-order valence-electron chi connectivity index (χ0n) is 11.7. The third-order valence-corrected chi connectivity index (χ3v) is 4.82. The van der Waals surface area contributed by atoms with Gasteiger partial charge in [0.15, 0.2) is 0 Å². The van der Waals surface area contributed by atoms with Crippen molar-refractivity contribution in [2.24, 2.45) is 5.41 Å². The van der Waals surface area contributed by atoms with Crippen LogP contribution in [0.25, 0.3) is 6.08 Å². The number of alkyl halides is 1. The third-order valence-electron chi connectivity index (χ3n) is 3.48. The van der Waals surface area contributed by atoms with Gasteiger partial charge in [-0.05, 0) is 37.1 Å². The average Bonchev–Trinajstić information content (AvgIpc) is 3.11. The van der Waals surface area contributed by atoms with Crippen LogP contribution in [-0.4, -0.2) is 21.6 Å². The minimum atomic E-state index is -0.495. The van der Waals surface area contributed by atoms with Crippen LogP contribution in [0, 0.1) is 15.5 Å². The van der Waals surface area contributed by atoms with Gasteiger partial charge in [0.05, 0.1) is 10.3 Å². The van der Waals surface area contributed by atoms with Crippen molar-refractivity contribution >= 4 is 39.5 Å². The van der Waals surface area contributed by atoms with Gasteiger partial charge in [-0.2, -0.15) is 0 Å². The number of amides is 2. The highest BCUT2D eigenvalue weighted by Gasteiger charge is 2.54. The molecule has 2 atom stereocenters. The Balaban J connectivity index is 1.84. The molecule has 8 heteroatoms. The van der Waals surface area contributed by atoms with Crippen molar-refractivity contribution in [3.8, 4) is 0 Å². The van der Waals surface area contributed by atoms with E-state index < -0.39 is 16.2 Å². The van der Waals surface area contributed by atoms with Gasteiger partial charge in [-0.1, -0.05) is 15.9 Å². The Kier molecular flexibility index (Phi) is 4.60. The third kappa shape index (κ3) is 3.70. The SMILES string of the molecule is C[C@@]1(C(=O)NNC(=O)/C=C/c2ccc([N+](=O)[O-])cc2)C[C@@H]1Br. The van der Waals surface area contributed by atoms with Gasteiger partial charge in [0, 0.05) is 23.0 Å². The summed E-state index contributed by atoms with van der Waals surface area (Å²) in [6.45, 7) is 1.81. The molecule has 0 heterocycles. The second-order valence-corrected chi connectivity index (χ2v) is 6.32. The van der Waals surface area contributed by atoms with E-state index in [1.807, 2.05) is 0 Å². The number of hydrazine groups is 1. The molecule has 0 aliphatic heterocycles. The number of benzene rings is 1. The summed E-state index contributed by atoms with van der Waals surface area (Å²) in [7, 11) is 0. The lowest BCUT2D eigenvalue weighted by Gasteiger charge is -2.10. The van der Waals surface area contributed by atoms with Crippen molar-refractivity contribution in [2.75, 3.05) is 0 Å². The zero-order valence-corrected chi connectivity index (χ0v) is 13.3. The number of nitro groups is 1. The molecular formula is C14H14BrN3O4. The highest BCUT2D eigenvalue weighted by Crippen LogP contribution is 2.51. The Labute approximate surface area is 135 Å². The first kappa shape index (κ1) is 16.2. The second kappa shape index (κ2) is 6.27. The first-order chi connectivity index (χ1) is 10.3. The molecule has 22 heavy (non-hydrogen) atoms. The fraction of sp³-hybridized carbons (Fsp3) is 0.286. The molecule has 116 valence electrons. The van der Waals surface area contributed by atoms with E-state index in [0.29, 0.717) is 5.56 Å². The first-order valence-electron chi connectivity index (χ1n) is 6.50. The zero-order chi connectivity index (χ0) is 16.3. The molecule has 0 saturated heterocycles. The van der Waals surface area contributed by atoms with Crippen molar-refractivity contribution < 1.29 is 14.5 Å². The Morgan fingerprint density at radius 1 is 1.36 bits per heavy atom. The monoisotopic (exact) mass is 367 g/mol. The molecule has 1 fully saturated rings. The van der Waals surface area contributed by atoms with E-state index in [0.717, 1.165) is 6.42 Å². The molecule has 7 nitrogen and oxygen atoms in total. The minimum Gasteiger partial charge on any atom is -0.273 e. The van der Waals surface area contributed by atoms with Crippen LogP contribution in [0.15, 0.2) is 30.3 Å². The highest BCUT2D eigenvalue weighted by molar-refractivity contribution is 9.09. The largest absolute Gasteiger partial charge is 0.273 e. The number of nitrogens with one attached hydrogen (secondary N) is 2. The number of carbonyl (C=O) groups is 2. The number of carbonyl (C=O) groups excluding carboxylic acids is 2. The summed E-state index contributed by atoms with van der Waals surface area (Å²) in [6, 6.07) is 5.76. The van der Waals surface area contributed by atoms with E-state index in [2.05, 4.69) is 26.8 Å². The molecule has 2 N–H and O–H groups in total.